The number of carbonyl (C=O) groups is 2. The fourth-order valence-corrected chi connectivity index (χ4v) is 3.02. The monoisotopic (exact) mass is 295 g/mol. The number of amides is 1. The second-order valence-corrected chi connectivity index (χ2v) is 6.87. The van der Waals surface area contributed by atoms with Gasteiger partial charge in [0, 0.05) is 6.54 Å². The SMILES string of the molecule is CC(C)(C)OC(=O)[C@H]1CCCN1C(=O)Cc1ccsc1. The second kappa shape index (κ2) is 5.95. The molecule has 4 nitrogen and oxygen atoms in total. The van der Waals surface area contributed by atoms with Crippen LogP contribution in [0.15, 0.2) is 16.8 Å². The fraction of sp³-hybridized carbons (Fsp3) is 0.600. The van der Waals surface area contributed by atoms with Crippen LogP contribution >= 0.6 is 11.3 Å². The van der Waals surface area contributed by atoms with Gasteiger partial charge in [0.05, 0.1) is 6.42 Å². The van der Waals surface area contributed by atoms with Crippen molar-refractivity contribution in [1.29, 1.82) is 0 Å². The Morgan fingerprint density at radius 3 is 2.80 bits per heavy atom. The lowest BCUT2D eigenvalue weighted by Gasteiger charge is -2.27. The van der Waals surface area contributed by atoms with E-state index in [9.17, 15) is 9.59 Å². The normalized spacial score (nSPS) is 19.1. The third kappa shape index (κ3) is 3.82. The topological polar surface area (TPSA) is 46.6 Å². The van der Waals surface area contributed by atoms with Crippen molar-refractivity contribution in [3.63, 3.8) is 0 Å². The largest absolute Gasteiger partial charge is 0.458 e. The van der Waals surface area contributed by atoms with Crippen LogP contribution in [-0.2, 0) is 20.7 Å². The molecule has 0 aromatic carbocycles. The van der Waals surface area contributed by atoms with Gasteiger partial charge in [-0.25, -0.2) is 4.79 Å². The van der Waals surface area contributed by atoms with Crippen LogP contribution in [-0.4, -0.2) is 35.0 Å². The predicted molar refractivity (Wildman–Crippen MR) is 78.6 cm³/mol. The zero-order valence-corrected chi connectivity index (χ0v) is 13.0. The van der Waals surface area contributed by atoms with Crippen LogP contribution in [0, 0.1) is 0 Å². The Bertz CT molecular complexity index is 476. The molecule has 5 heteroatoms. The number of hydrogen-bond acceptors (Lipinski definition) is 4. The molecule has 0 bridgehead atoms. The van der Waals surface area contributed by atoms with Crippen LogP contribution in [0.4, 0.5) is 0 Å². The number of ether oxygens (including phenoxy) is 1. The first-order valence-corrected chi connectivity index (χ1v) is 7.84. The highest BCUT2D eigenvalue weighted by Crippen LogP contribution is 2.22. The van der Waals surface area contributed by atoms with Crippen molar-refractivity contribution in [2.45, 2.75) is 51.7 Å². The van der Waals surface area contributed by atoms with Gasteiger partial charge in [-0.1, -0.05) is 0 Å². The molecule has 1 aliphatic rings. The minimum Gasteiger partial charge on any atom is -0.458 e. The van der Waals surface area contributed by atoms with Gasteiger partial charge in [-0.05, 0) is 56.0 Å². The van der Waals surface area contributed by atoms with E-state index in [-0.39, 0.29) is 11.9 Å². The van der Waals surface area contributed by atoms with Gasteiger partial charge in [-0.2, -0.15) is 11.3 Å². The molecule has 1 aromatic heterocycles. The van der Waals surface area contributed by atoms with E-state index in [4.69, 9.17) is 4.74 Å². The number of hydrogen-bond donors (Lipinski definition) is 0. The molecule has 0 unspecified atom stereocenters. The molecule has 2 rings (SSSR count). The molecule has 1 aromatic rings. The van der Waals surface area contributed by atoms with Crippen LogP contribution in [0.1, 0.15) is 39.2 Å². The predicted octanol–water partition coefficient (Wildman–Crippen LogP) is 2.62. The first kappa shape index (κ1) is 15.0. The number of likely N-dealkylation sites (tertiary alicyclic amines) is 1. The Balaban J connectivity index is 1.99. The maximum Gasteiger partial charge on any atom is 0.329 e. The Morgan fingerprint density at radius 2 is 2.20 bits per heavy atom. The summed E-state index contributed by atoms with van der Waals surface area (Å²) < 4.78 is 5.41. The molecule has 0 radical (unpaired) electrons. The summed E-state index contributed by atoms with van der Waals surface area (Å²) in [5, 5.41) is 3.92. The highest BCUT2D eigenvalue weighted by atomic mass is 32.1. The molecule has 1 atom stereocenters. The summed E-state index contributed by atoms with van der Waals surface area (Å²) in [5.74, 6) is -0.273. The van der Waals surface area contributed by atoms with Crippen LogP contribution in [0.2, 0.25) is 0 Å². The van der Waals surface area contributed by atoms with Crippen LogP contribution in [0.25, 0.3) is 0 Å². The molecule has 1 fully saturated rings. The summed E-state index contributed by atoms with van der Waals surface area (Å²) in [6.45, 7) is 6.18. The number of thiophene rings is 1. The molecule has 110 valence electrons. The van der Waals surface area contributed by atoms with Crippen LogP contribution < -0.4 is 0 Å². The summed E-state index contributed by atoms with van der Waals surface area (Å²) in [6, 6.07) is 1.53. The van der Waals surface area contributed by atoms with Crippen molar-refractivity contribution < 1.29 is 14.3 Å². The summed E-state index contributed by atoms with van der Waals surface area (Å²) in [5.41, 5.74) is 0.497. The Kier molecular flexibility index (Phi) is 4.48. The van der Waals surface area contributed by atoms with Crippen molar-refractivity contribution >= 4 is 23.2 Å². The highest BCUT2D eigenvalue weighted by molar-refractivity contribution is 7.07. The lowest BCUT2D eigenvalue weighted by Crippen LogP contribution is -2.44. The van der Waals surface area contributed by atoms with Gasteiger partial charge >= 0.3 is 5.97 Å². The molecule has 1 saturated heterocycles. The lowest BCUT2D eigenvalue weighted by molar-refractivity contribution is -0.163. The van der Waals surface area contributed by atoms with Crippen LogP contribution in [0.5, 0.6) is 0 Å². The van der Waals surface area contributed by atoms with Gasteiger partial charge in [-0.15, -0.1) is 0 Å². The second-order valence-electron chi connectivity index (χ2n) is 6.09. The summed E-state index contributed by atoms with van der Waals surface area (Å²) in [4.78, 5) is 26.2. The van der Waals surface area contributed by atoms with Crippen molar-refractivity contribution in [2.75, 3.05) is 6.54 Å². The highest BCUT2D eigenvalue weighted by Gasteiger charge is 2.36. The summed E-state index contributed by atoms with van der Waals surface area (Å²) >= 11 is 1.58. The van der Waals surface area contributed by atoms with Gasteiger partial charge in [0.25, 0.3) is 0 Å². The number of carbonyl (C=O) groups excluding carboxylic acids is 2. The molecule has 0 aliphatic carbocycles. The smallest absolute Gasteiger partial charge is 0.329 e. The number of esters is 1. The minimum atomic E-state index is -0.512. The van der Waals surface area contributed by atoms with E-state index < -0.39 is 11.6 Å². The average molecular weight is 295 g/mol. The lowest BCUT2D eigenvalue weighted by atomic mass is 10.1. The van der Waals surface area contributed by atoms with Gasteiger partial charge in [0.1, 0.15) is 11.6 Å². The van der Waals surface area contributed by atoms with E-state index in [2.05, 4.69) is 0 Å². The Morgan fingerprint density at radius 1 is 1.45 bits per heavy atom. The van der Waals surface area contributed by atoms with Gasteiger partial charge < -0.3 is 9.64 Å². The maximum atomic E-state index is 12.3. The van der Waals surface area contributed by atoms with Gasteiger partial charge in [0.2, 0.25) is 5.91 Å². The van der Waals surface area contributed by atoms with E-state index in [1.807, 2.05) is 37.6 Å². The van der Waals surface area contributed by atoms with E-state index >= 15 is 0 Å². The van der Waals surface area contributed by atoms with Gasteiger partial charge in [0.15, 0.2) is 0 Å². The van der Waals surface area contributed by atoms with E-state index in [1.165, 1.54) is 0 Å². The van der Waals surface area contributed by atoms with Crippen molar-refractivity contribution in [1.82, 2.24) is 4.90 Å². The van der Waals surface area contributed by atoms with E-state index in [0.717, 1.165) is 12.0 Å². The zero-order chi connectivity index (χ0) is 14.8. The van der Waals surface area contributed by atoms with E-state index in [0.29, 0.717) is 19.4 Å². The quantitative estimate of drug-likeness (QED) is 0.805. The molecule has 20 heavy (non-hydrogen) atoms. The van der Waals surface area contributed by atoms with Crippen molar-refractivity contribution in [2.24, 2.45) is 0 Å². The number of rotatable bonds is 3. The maximum absolute atomic E-state index is 12.3. The molecule has 1 aliphatic heterocycles. The summed E-state index contributed by atoms with van der Waals surface area (Å²) in [7, 11) is 0. The van der Waals surface area contributed by atoms with Crippen molar-refractivity contribution in [3.8, 4) is 0 Å². The average Bonchev–Trinajstić information content (AvgIpc) is 2.96. The Hall–Kier alpha value is -1.36. The number of nitrogens with zero attached hydrogens (tertiary/aromatic N) is 1. The first-order valence-electron chi connectivity index (χ1n) is 6.90. The Labute approximate surface area is 123 Å². The molecular formula is C15H21NO3S. The zero-order valence-electron chi connectivity index (χ0n) is 12.2. The minimum absolute atomic E-state index is 0.0109. The van der Waals surface area contributed by atoms with Crippen LogP contribution in [0.3, 0.4) is 0 Å². The fourth-order valence-electron chi connectivity index (χ4n) is 2.35. The molecule has 0 N–H and O–H groups in total. The summed E-state index contributed by atoms with van der Waals surface area (Å²) in [6.07, 6.45) is 1.92. The van der Waals surface area contributed by atoms with Crippen molar-refractivity contribution in [3.05, 3.63) is 22.4 Å². The van der Waals surface area contributed by atoms with E-state index in [1.54, 1.807) is 16.2 Å². The first-order chi connectivity index (χ1) is 9.37. The van der Waals surface area contributed by atoms with Gasteiger partial charge in [-0.3, -0.25) is 4.79 Å². The third-order valence-corrected chi connectivity index (χ3v) is 3.92. The standard InChI is InChI=1S/C15H21NO3S/c1-15(2,3)19-14(18)12-5-4-7-16(12)13(17)9-11-6-8-20-10-11/h6,8,10,12H,4-5,7,9H2,1-3H3/t12-/m1/s1. The third-order valence-electron chi connectivity index (χ3n) is 3.19. The molecule has 1 amide bonds. The molecule has 0 saturated carbocycles. The molecule has 0 spiro atoms. The molecule has 2 heterocycles. The molecular weight excluding hydrogens is 274 g/mol.